The van der Waals surface area contributed by atoms with Gasteiger partial charge in [0.15, 0.2) is 0 Å². The molecule has 0 aliphatic heterocycles. The number of benzene rings is 1. The van der Waals surface area contributed by atoms with Crippen LogP contribution in [-0.4, -0.2) is 17.8 Å². The van der Waals surface area contributed by atoms with Gasteiger partial charge in [0.2, 0.25) is 0 Å². The maximum Gasteiger partial charge on any atom is 0.130 e. The Morgan fingerprint density at radius 2 is 1.88 bits per heavy atom. The van der Waals surface area contributed by atoms with E-state index in [9.17, 15) is 13.9 Å². The van der Waals surface area contributed by atoms with Crippen molar-refractivity contribution in [1.82, 2.24) is 0 Å². The summed E-state index contributed by atoms with van der Waals surface area (Å²) < 4.78 is 27.5. The first-order valence-electron chi connectivity index (χ1n) is 5.33. The van der Waals surface area contributed by atoms with E-state index >= 15 is 0 Å². The number of nitrogens with two attached hydrogens (primary N) is 1. The number of aliphatic hydroxyl groups is 1. The van der Waals surface area contributed by atoms with E-state index in [-0.39, 0.29) is 12.1 Å². The first-order valence-corrected chi connectivity index (χ1v) is 5.33. The average molecular weight is 227 g/mol. The Labute approximate surface area is 93.1 Å². The molecule has 1 saturated carbocycles. The molecule has 2 nitrogen and oxygen atoms in total. The second kappa shape index (κ2) is 3.79. The molecule has 3 N–H and O–H groups in total. The summed E-state index contributed by atoms with van der Waals surface area (Å²) in [6, 6.07) is 2.61. The fourth-order valence-electron chi connectivity index (χ4n) is 2.52. The molecule has 1 aromatic rings. The Bertz CT molecular complexity index is 390. The van der Waals surface area contributed by atoms with Crippen LogP contribution in [0.5, 0.6) is 0 Å². The van der Waals surface area contributed by atoms with Gasteiger partial charge in [-0.2, -0.15) is 0 Å². The predicted octanol–water partition coefficient (Wildman–Crippen LogP) is 1.62. The smallest absolute Gasteiger partial charge is 0.130 e. The van der Waals surface area contributed by atoms with Gasteiger partial charge in [-0.05, 0) is 37.5 Å². The van der Waals surface area contributed by atoms with Crippen LogP contribution in [0.1, 0.15) is 24.0 Å². The van der Waals surface area contributed by atoms with E-state index in [1.165, 1.54) is 12.1 Å². The molecule has 0 heterocycles. The molecule has 0 radical (unpaired) electrons. The van der Waals surface area contributed by atoms with Crippen molar-refractivity contribution in [3.63, 3.8) is 0 Å². The molecule has 2 rings (SSSR count). The van der Waals surface area contributed by atoms with Crippen LogP contribution in [0, 0.1) is 18.6 Å². The van der Waals surface area contributed by atoms with E-state index in [2.05, 4.69) is 0 Å². The third-order valence-electron chi connectivity index (χ3n) is 3.36. The van der Waals surface area contributed by atoms with Crippen molar-refractivity contribution in [3.8, 4) is 0 Å². The van der Waals surface area contributed by atoms with Crippen LogP contribution in [-0.2, 0) is 5.41 Å². The highest BCUT2D eigenvalue weighted by Crippen LogP contribution is 2.45. The van der Waals surface area contributed by atoms with E-state index in [1.54, 1.807) is 6.92 Å². The highest BCUT2D eigenvalue weighted by atomic mass is 19.1. The lowest BCUT2D eigenvalue weighted by Gasteiger charge is -2.45. The van der Waals surface area contributed by atoms with Gasteiger partial charge in [-0.25, -0.2) is 8.78 Å². The summed E-state index contributed by atoms with van der Waals surface area (Å²) in [5.74, 6) is -1.12. The monoisotopic (exact) mass is 227 g/mol. The third kappa shape index (κ3) is 1.62. The summed E-state index contributed by atoms with van der Waals surface area (Å²) in [5.41, 5.74) is 5.45. The van der Waals surface area contributed by atoms with Crippen LogP contribution in [0.2, 0.25) is 0 Å². The van der Waals surface area contributed by atoms with Gasteiger partial charge in [-0.3, -0.25) is 0 Å². The van der Waals surface area contributed by atoms with E-state index in [1.807, 2.05) is 0 Å². The number of halogens is 2. The molecule has 1 aromatic carbocycles. The minimum atomic E-state index is -0.721. The van der Waals surface area contributed by atoms with Crippen molar-refractivity contribution >= 4 is 0 Å². The van der Waals surface area contributed by atoms with Crippen molar-refractivity contribution in [1.29, 1.82) is 0 Å². The van der Waals surface area contributed by atoms with Crippen molar-refractivity contribution < 1.29 is 13.9 Å². The van der Waals surface area contributed by atoms with Crippen LogP contribution >= 0.6 is 0 Å². The maximum atomic E-state index is 13.8. The SMILES string of the molecule is Cc1cc(F)c(C2(CN)CC(O)C2)c(F)c1. The summed E-state index contributed by atoms with van der Waals surface area (Å²) in [7, 11) is 0. The van der Waals surface area contributed by atoms with Crippen LogP contribution < -0.4 is 5.73 Å². The molecule has 4 heteroatoms. The van der Waals surface area contributed by atoms with Gasteiger partial charge in [-0.15, -0.1) is 0 Å². The summed E-state index contributed by atoms with van der Waals surface area (Å²) in [6.45, 7) is 1.79. The standard InChI is InChI=1S/C12H15F2NO/c1-7-2-9(13)11(10(14)3-7)12(6-15)4-8(16)5-12/h2-3,8,16H,4-6,15H2,1H3. The van der Waals surface area contributed by atoms with E-state index in [0.29, 0.717) is 18.4 Å². The highest BCUT2D eigenvalue weighted by molar-refractivity contribution is 5.35. The number of hydrogen-bond acceptors (Lipinski definition) is 2. The van der Waals surface area contributed by atoms with Gasteiger partial charge in [0.1, 0.15) is 11.6 Å². The number of aliphatic hydroxyl groups excluding tert-OH is 1. The predicted molar refractivity (Wildman–Crippen MR) is 57.1 cm³/mol. The minimum absolute atomic E-state index is 0.0332. The van der Waals surface area contributed by atoms with Crippen LogP contribution in [0.15, 0.2) is 12.1 Å². The molecule has 1 fully saturated rings. The fraction of sp³-hybridized carbons (Fsp3) is 0.500. The van der Waals surface area contributed by atoms with Gasteiger partial charge in [-0.1, -0.05) is 0 Å². The number of rotatable bonds is 2. The molecule has 0 saturated heterocycles. The van der Waals surface area contributed by atoms with Crippen LogP contribution in [0.4, 0.5) is 8.78 Å². The molecular weight excluding hydrogens is 212 g/mol. The van der Waals surface area contributed by atoms with Crippen LogP contribution in [0.25, 0.3) is 0 Å². The number of hydrogen-bond donors (Lipinski definition) is 2. The third-order valence-corrected chi connectivity index (χ3v) is 3.36. The largest absolute Gasteiger partial charge is 0.393 e. The zero-order chi connectivity index (χ0) is 11.9. The van der Waals surface area contributed by atoms with Gasteiger partial charge in [0.25, 0.3) is 0 Å². The van der Waals surface area contributed by atoms with Gasteiger partial charge in [0.05, 0.1) is 6.10 Å². The molecule has 88 valence electrons. The van der Waals surface area contributed by atoms with Crippen molar-refractivity contribution in [2.75, 3.05) is 6.54 Å². The average Bonchev–Trinajstić information content (AvgIpc) is 2.12. The maximum absolute atomic E-state index is 13.8. The lowest BCUT2D eigenvalue weighted by molar-refractivity contribution is 0.0187. The molecule has 0 amide bonds. The Balaban J connectivity index is 2.47. The zero-order valence-corrected chi connectivity index (χ0v) is 9.13. The Kier molecular flexibility index (Phi) is 2.72. The second-order valence-corrected chi connectivity index (χ2v) is 4.65. The quantitative estimate of drug-likeness (QED) is 0.806. The molecule has 0 bridgehead atoms. The summed E-state index contributed by atoms with van der Waals surface area (Å²) in [4.78, 5) is 0. The normalized spacial score (nSPS) is 28.9. The first kappa shape index (κ1) is 11.5. The first-order chi connectivity index (χ1) is 7.48. The van der Waals surface area contributed by atoms with E-state index in [4.69, 9.17) is 5.73 Å². The van der Waals surface area contributed by atoms with Crippen molar-refractivity contribution in [2.45, 2.75) is 31.3 Å². The van der Waals surface area contributed by atoms with Crippen molar-refractivity contribution in [3.05, 3.63) is 34.9 Å². The Morgan fingerprint density at radius 1 is 1.38 bits per heavy atom. The topological polar surface area (TPSA) is 46.2 Å². The molecule has 0 atom stereocenters. The fourth-order valence-corrected chi connectivity index (χ4v) is 2.52. The molecular formula is C12H15F2NO. The van der Waals surface area contributed by atoms with E-state index in [0.717, 1.165) is 0 Å². The molecule has 16 heavy (non-hydrogen) atoms. The summed E-state index contributed by atoms with van der Waals surface area (Å²) in [6.07, 6.45) is 0.171. The summed E-state index contributed by atoms with van der Waals surface area (Å²) >= 11 is 0. The molecule has 1 aliphatic rings. The molecule has 0 spiro atoms. The minimum Gasteiger partial charge on any atom is -0.393 e. The van der Waals surface area contributed by atoms with Crippen LogP contribution in [0.3, 0.4) is 0 Å². The Hall–Kier alpha value is -1.00. The Morgan fingerprint density at radius 3 is 2.25 bits per heavy atom. The van der Waals surface area contributed by atoms with Gasteiger partial charge >= 0.3 is 0 Å². The summed E-state index contributed by atoms with van der Waals surface area (Å²) in [5, 5.41) is 9.31. The lowest BCUT2D eigenvalue weighted by atomic mass is 9.62. The molecule has 1 aliphatic carbocycles. The second-order valence-electron chi connectivity index (χ2n) is 4.65. The zero-order valence-electron chi connectivity index (χ0n) is 9.13. The lowest BCUT2D eigenvalue weighted by Crippen LogP contribution is -2.50. The molecule has 0 aromatic heterocycles. The highest BCUT2D eigenvalue weighted by Gasteiger charge is 2.47. The molecule has 0 unspecified atom stereocenters. The van der Waals surface area contributed by atoms with Crippen molar-refractivity contribution in [2.24, 2.45) is 5.73 Å². The van der Waals surface area contributed by atoms with Gasteiger partial charge < -0.3 is 10.8 Å². The van der Waals surface area contributed by atoms with Gasteiger partial charge in [0, 0.05) is 17.5 Å². The number of aryl methyl sites for hydroxylation is 1. The van der Waals surface area contributed by atoms with E-state index < -0.39 is 23.2 Å².